The van der Waals surface area contributed by atoms with Crippen molar-refractivity contribution in [2.45, 2.75) is 38.6 Å². The van der Waals surface area contributed by atoms with Crippen LogP contribution >= 0.6 is 0 Å². The maximum absolute atomic E-state index is 13.3. The molecule has 0 radical (unpaired) electrons. The largest absolute Gasteiger partial charge is 0.356 e. The topological polar surface area (TPSA) is 49.4 Å². The fraction of sp³-hybridized carbons (Fsp3) is 0.417. The zero-order valence-corrected chi connectivity index (χ0v) is 16.7. The van der Waals surface area contributed by atoms with Gasteiger partial charge in [0.05, 0.1) is 12.0 Å². The average molecular weight is 394 g/mol. The monoisotopic (exact) mass is 394 g/mol. The highest BCUT2D eigenvalue weighted by molar-refractivity contribution is 5.95. The molecule has 2 fully saturated rings. The van der Waals surface area contributed by atoms with Crippen LogP contribution in [0.2, 0.25) is 0 Å². The molecule has 5 heteroatoms. The van der Waals surface area contributed by atoms with E-state index in [2.05, 4.69) is 11.4 Å². The van der Waals surface area contributed by atoms with E-state index in [1.165, 1.54) is 37.1 Å². The molecule has 1 heterocycles. The van der Waals surface area contributed by atoms with Crippen molar-refractivity contribution in [1.29, 1.82) is 0 Å². The molecule has 152 valence electrons. The van der Waals surface area contributed by atoms with Gasteiger partial charge in [-0.15, -0.1) is 0 Å². The standard InChI is InChI=1S/C24H27FN2O2/c1-16-3-2-4-19(13-16)22-12-9-20(23(28)26-14-17-5-6-17)15-27(22)24(29)18-7-10-21(25)11-8-18/h2-4,7-8,10-11,13,17,20,22H,5-6,9,12,14-15H2,1H3,(H,26,28)/t20-,22-/m1/s1. The summed E-state index contributed by atoms with van der Waals surface area (Å²) in [6, 6.07) is 13.7. The predicted molar refractivity (Wildman–Crippen MR) is 110 cm³/mol. The van der Waals surface area contributed by atoms with Crippen LogP contribution in [0.1, 0.15) is 53.2 Å². The Morgan fingerprint density at radius 2 is 1.83 bits per heavy atom. The van der Waals surface area contributed by atoms with Crippen LogP contribution < -0.4 is 5.32 Å². The lowest BCUT2D eigenvalue weighted by atomic mass is 9.87. The third kappa shape index (κ3) is 4.66. The Balaban J connectivity index is 1.56. The molecule has 29 heavy (non-hydrogen) atoms. The molecule has 4 rings (SSSR count). The van der Waals surface area contributed by atoms with Crippen LogP contribution in [0.5, 0.6) is 0 Å². The van der Waals surface area contributed by atoms with Crippen molar-refractivity contribution in [2.75, 3.05) is 13.1 Å². The molecule has 2 aromatic carbocycles. The molecular formula is C24H27FN2O2. The number of carbonyl (C=O) groups excluding carboxylic acids is 2. The number of amides is 2. The van der Waals surface area contributed by atoms with Crippen LogP contribution in [0.15, 0.2) is 48.5 Å². The van der Waals surface area contributed by atoms with Crippen LogP contribution in [-0.2, 0) is 4.79 Å². The molecular weight excluding hydrogens is 367 g/mol. The highest BCUT2D eigenvalue weighted by Gasteiger charge is 2.36. The van der Waals surface area contributed by atoms with E-state index in [1.807, 2.05) is 25.1 Å². The molecule has 4 nitrogen and oxygen atoms in total. The van der Waals surface area contributed by atoms with Gasteiger partial charge in [-0.3, -0.25) is 9.59 Å². The van der Waals surface area contributed by atoms with E-state index >= 15 is 0 Å². The second kappa shape index (κ2) is 8.36. The molecule has 1 aliphatic carbocycles. The van der Waals surface area contributed by atoms with E-state index in [-0.39, 0.29) is 29.6 Å². The van der Waals surface area contributed by atoms with E-state index in [0.717, 1.165) is 30.5 Å². The summed E-state index contributed by atoms with van der Waals surface area (Å²) in [5, 5.41) is 3.06. The van der Waals surface area contributed by atoms with Gasteiger partial charge in [-0.25, -0.2) is 4.39 Å². The summed E-state index contributed by atoms with van der Waals surface area (Å²) in [7, 11) is 0. The third-order valence-electron chi connectivity index (χ3n) is 5.99. The van der Waals surface area contributed by atoms with Crippen molar-refractivity contribution in [3.63, 3.8) is 0 Å². The molecule has 0 aromatic heterocycles. The first-order chi connectivity index (χ1) is 14.0. The Morgan fingerprint density at radius 3 is 2.52 bits per heavy atom. The number of carbonyl (C=O) groups is 2. The van der Waals surface area contributed by atoms with Gasteiger partial charge < -0.3 is 10.2 Å². The van der Waals surface area contributed by atoms with Crippen molar-refractivity contribution < 1.29 is 14.0 Å². The highest BCUT2D eigenvalue weighted by atomic mass is 19.1. The van der Waals surface area contributed by atoms with Gasteiger partial charge in [0.2, 0.25) is 5.91 Å². The van der Waals surface area contributed by atoms with Crippen molar-refractivity contribution in [1.82, 2.24) is 10.2 Å². The fourth-order valence-corrected chi connectivity index (χ4v) is 4.10. The van der Waals surface area contributed by atoms with E-state index < -0.39 is 0 Å². The number of likely N-dealkylation sites (tertiary alicyclic amines) is 1. The first kappa shape index (κ1) is 19.6. The number of hydrogen-bond donors (Lipinski definition) is 1. The lowest BCUT2D eigenvalue weighted by Gasteiger charge is -2.39. The summed E-state index contributed by atoms with van der Waals surface area (Å²) < 4.78 is 13.3. The van der Waals surface area contributed by atoms with Gasteiger partial charge in [0, 0.05) is 18.7 Å². The van der Waals surface area contributed by atoms with Gasteiger partial charge in [0.25, 0.3) is 5.91 Å². The van der Waals surface area contributed by atoms with Gasteiger partial charge in [0.15, 0.2) is 0 Å². The lowest BCUT2D eigenvalue weighted by Crippen LogP contribution is -2.47. The van der Waals surface area contributed by atoms with Crippen LogP contribution in [0.25, 0.3) is 0 Å². The number of nitrogens with one attached hydrogen (secondary N) is 1. The number of aryl methyl sites for hydroxylation is 1. The normalized spacial score (nSPS) is 21.7. The molecule has 2 amide bonds. The van der Waals surface area contributed by atoms with Gasteiger partial charge in [-0.1, -0.05) is 29.8 Å². The van der Waals surface area contributed by atoms with Crippen LogP contribution in [0.3, 0.4) is 0 Å². The van der Waals surface area contributed by atoms with Crippen LogP contribution in [-0.4, -0.2) is 29.8 Å². The minimum absolute atomic E-state index is 0.0384. The van der Waals surface area contributed by atoms with Crippen molar-refractivity contribution in [2.24, 2.45) is 11.8 Å². The predicted octanol–water partition coefficient (Wildman–Crippen LogP) is 4.25. The molecule has 2 aliphatic rings. The minimum Gasteiger partial charge on any atom is -0.356 e. The molecule has 0 unspecified atom stereocenters. The van der Waals surface area contributed by atoms with Gasteiger partial charge in [-0.05, 0) is 68.4 Å². The number of piperidine rings is 1. The Bertz CT molecular complexity index is 892. The Morgan fingerprint density at radius 1 is 1.07 bits per heavy atom. The van der Waals surface area contributed by atoms with Gasteiger partial charge in [-0.2, -0.15) is 0 Å². The summed E-state index contributed by atoms with van der Waals surface area (Å²) in [6.07, 6.45) is 3.87. The lowest BCUT2D eigenvalue weighted by molar-refractivity contribution is -0.126. The van der Waals surface area contributed by atoms with E-state index in [9.17, 15) is 14.0 Å². The number of nitrogens with zero attached hydrogens (tertiary/aromatic N) is 1. The van der Waals surface area contributed by atoms with E-state index in [0.29, 0.717) is 18.0 Å². The van der Waals surface area contributed by atoms with Crippen LogP contribution in [0.4, 0.5) is 4.39 Å². The second-order valence-corrected chi connectivity index (χ2v) is 8.36. The molecule has 1 N–H and O–H groups in total. The molecule has 0 bridgehead atoms. The molecule has 1 aliphatic heterocycles. The van der Waals surface area contributed by atoms with Crippen molar-refractivity contribution >= 4 is 11.8 Å². The Hall–Kier alpha value is -2.69. The third-order valence-corrected chi connectivity index (χ3v) is 5.99. The highest BCUT2D eigenvalue weighted by Crippen LogP contribution is 2.35. The van der Waals surface area contributed by atoms with Gasteiger partial charge >= 0.3 is 0 Å². The van der Waals surface area contributed by atoms with Gasteiger partial charge in [0.1, 0.15) is 5.82 Å². The SMILES string of the molecule is Cc1cccc([C@H]2CC[C@@H](C(=O)NCC3CC3)CN2C(=O)c2ccc(F)cc2)c1. The van der Waals surface area contributed by atoms with E-state index in [4.69, 9.17) is 0 Å². The van der Waals surface area contributed by atoms with Crippen molar-refractivity contribution in [3.05, 3.63) is 71.0 Å². The average Bonchev–Trinajstić information content (AvgIpc) is 3.56. The summed E-state index contributed by atoms with van der Waals surface area (Å²) in [5.41, 5.74) is 2.67. The quantitative estimate of drug-likeness (QED) is 0.824. The molecule has 1 saturated carbocycles. The van der Waals surface area contributed by atoms with Crippen molar-refractivity contribution in [3.8, 4) is 0 Å². The molecule has 2 atom stereocenters. The van der Waals surface area contributed by atoms with E-state index in [1.54, 1.807) is 4.90 Å². The molecule has 1 saturated heterocycles. The first-order valence-electron chi connectivity index (χ1n) is 10.4. The maximum atomic E-state index is 13.3. The number of hydrogen-bond acceptors (Lipinski definition) is 2. The number of benzene rings is 2. The zero-order valence-electron chi connectivity index (χ0n) is 16.7. The first-order valence-corrected chi connectivity index (χ1v) is 10.4. The summed E-state index contributed by atoms with van der Waals surface area (Å²) >= 11 is 0. The Kier molecular flexibility index (Phi) is 5.65. The molecule has 0 spiro atoms. The summed E-state index contributed by atoms with van der Waals surface area (Å²) in [5.74, 6) is -0.0702. The summed E-state index contributed by atoms with van der Waals surface area (Å²) in [4.78, 5) is 27.8. The smallest absolute Gasteiger partial charge is 0.254 e. The minimum atomic E-state index is -0.368. The number of halogens is 1. The number of rotatable bonds is 5. The second-order valence-electron chi connectivity index (χ2n) is 8.36. The maximum Gasteiger partial charge on any atom is 0.254 e. The van der Waals surface area contributed by atoms with Crippen LogP contribution in [0, 0.1) is 24.6 Å². The fourth-order valence-electron chi connectivity index (χ4n) is 4.10. The summed E-state index contributed by atoms with van der Waals surface area (Å²) in [6.45, 7) is 3.15. The Labute approximate surface area is 171 Å². The zero-order chi connectivity index (χ0) is 20.4. The molecule has 2 aromatic rings.